The lowest BCUT2D eigenvalue weighted by Crippen LogP contribution is -2.61. The van der Waals surface area contributed by atoms with Crippen LogP contribution in [0.25, 0.3) is 0 Å². The van der Waals surface area contributed by atoms with Gasteiger partial charge in [0.1, 0.15) is 17.4 Å². The fraction of sp³-hybridized carbons (Fsp3) is 0.656. The van der Waals surface area contributed by atoms with Gasteiger partial charge in [0, 0.05) is 48.9 Å². The molecular formula is C32H41N3O9. The maximum Gasteiger partial charge on any atom is 0.328 e. The highest BCUT2D eigenvalue weighted by Gasteiger charge is 2.68. The van der Waals surface area contributed by atoms with Crippen LogP contribution in [0.2, 0.25) is 0 Å². The summed E-state index contributed by atoms with van der Waals surface area (Å²) in [6.07, 6.45) is 7.50. The molecule has 12 nitrogen and oxygen atoms in total. The van der Waals surface area contributed by atoms with E-state index < -0.39 is 47.3 Å². The molecule has 5 rings (SSSR count). The number of nitrogens with zero attached hydrogens (tertiary/aromatic N) is 1. The van der Waals surface area contributed by atoms with Crippen molar-refractivity contribution < 1.29 is 43.3 Å². The first-order chi connectivity index (χ1) is 20.8. The number of esters is 2. The topological polar surface area (TPSA) is 182 Å². The number of nitrogens with one attached hydrogen (secondary N) is 2. The van der Waals surface area contributed by atoms with Gasteiger partial charge in [0.25, 0.3) is 0 Å². The van der Waals surface area contributed by atoms with Gasteiger partial charge in [0.15, 0.2) is 12.4 Å². The van der Waals surface area contributed by atoms with Crippen molar-refractivity contribution in [3.05, 3.63) is 29.9 Å². The molecule has 3 fully saturated rings. The second-order valence-corrected chi connectivity index (χ2v) is 13.3. The molecule has 0 aromatic carbocycles. The molecule has 0 unspecified atom stereocenters. The number of ether oxygens (including phenoxy) is 2. The van der Waals surface area contributed by atoms with Crippen molar-refractivity contribution in [1.82, 2.24) is 15.3 Å². The SMILES string of the molecule is COC(=O)[C@H](Cc1cnc[nH]1)NC(=O)CCC(=O)OCC(=O)[C@@]1(O)CC[C@@H]2[C@H]3CCC4=CC(=O)CC[C@]4(C)[C@@H]3C(=O)C[C@@]21C. The highest BCUT2D eigenvalue weighted by atomic mass is 16.5. The van der Waals surface area contributed by atoms with E-state index in [-0.39, 0.29) is 66.8 Å². The number of fused-ring (bicyclic) bond motifs is 5. The lowest BCUT2D eigenvalue weighted by atomic mass is 9.46. The highest BCUT2D eigenvalue weighted by Crippen LogP contribution is 2.66. The Hall–Kier alpha value is -3.67. The maximum absolute atomic E-state index is 13.8. The van der Waals surface area contributed by atoms with Crippen LogP contribution in [0.5, 0.6) is 0 Å². The first-order valence-electron chi connectivity index (χ1n) is 15.3. The van der Waals surface area contributed by atoms with E-state index in [1.54, 1.807) is 6.08 Å². The summed E-state index contributed by atoms with van der Waals surface area (Å²) in [6, 6.07) is -0.983. The molecule has 4 aliphatic rings. The highest BCUT2D eigenvalue weighted by molar-refractivity contribution is 5.95. The number of aromatic amines is 1. The number of H-pyrrole nitrogens is 1. The number of amides is 1. The van der Waals surface area contributed by atoms with Gasteiger partial charge >= 0.3 is 11.9 Å². The minimum Gasteiger partial charge on any atom is -0.467 e. The van der Waals surface area contributed by atoms with E-state index in [2.05, 4.69) is 22.2 Å². The van der Waals surface area contributed by atoms with Crippen LogP contribution >= 0.6 is 0 Å². The number of carbonyl (C=O) groups excluding carboxylic acids is 6. The molecule has 4 aliphatic carbocycles. The molecule has 12 heteroatoms. The molecule has 1 heterocycles. The number of imidazole rings is 1. The second-order valence-electron chi connectivity index (χ2n) is 13.3. The molecule has 3 N–H and O–H groups in total. The summed E-state index contributed by atoms with van der Waals surface area (Å²) in [4.78, 5) is 83.1. The molecule has 44 heavy (non-hydrogen) atoms. The Bertz CT molecular complexity index is 1390. The van der Waals surface area contributed by atoms with Crippen LogP contribution in [0.3, 0.4) is 0 Å². The van der Waals surface area contributed by atoms with E-state index in [1.165, 1.54) is 19.6 Å². The van der Waals surface area contributed by atoms with Gasteiger partial charge in [-0.25, -0.2) is 9.78 Å². The van der Waals surface area contributed by atoms with Gasteiger partial charge in [-0.15, -0.1) is 0 Å². The molecule has 0 aliphatic heterocycles. The molecule has 7 atom stereocenters. The summed E-state index contributed by atoms with van der Waals surface area (Å²) < 4.78 is 9.94. The van der Waals surface area contributed by atoms with E-state index in [1.807, 2.05) is 6.92 Å². The predicted octanol–water partition coefficient (Wildman–Crippen LogP) is 1.94. The van der Waals surface area contributed by atoms with Crippen molar-refractivity contribution in [2.24, 2.45) is 28.6 Å². The zero-order chi connectivity index (χ0) is 31.9. The first-order valence-corrected chi connectivity index (χ1v) is 15.3. The molecule has 1 amide bonds. The van der Waals surface area contributed by atoms with Crippen LogP contribution in [0.4, 0.5) is 0 Å². The lowest BCUT2D eigenvalue weighted by Gasteiger charge is -2.57. The monoisotopic (exact) mass is 611 g/mol. The van der Waals surface area contributed by atoms with E-state index in [4.69, 9.17) is 9.47 Å². The van der Waals surface area contributed by atoms with Gasteiger partial charge in [-0.1, -0.05) is 19.4 Å². The Labute approximate surface area is 255 Å². The third-order valence-electron chi connectivity index (χ3n) is 11.0. The Morgan fingerprint density at radius 1 is 1.14 bits per heavy atom. The fourth-order valence-corrected chi connectivity index (χ4v) is 8.62. The quantitative estimate of drug-likeness (QED) is 0.331. The second kappa shape index (κ2) is 12.0. The Balaban J connectivity index is 1.17. The predicted molar refractivity (Wildman–Crippen MR) is 153 cm³/mol. The van der Waals surface area contributed by atoms with Crippen molar-refractivity contribution in [2.75, 3.05) is 13.7 Å². The summed E-state index contributed by atoms with van der Waals surface area (Å²) in [5.41, 5.74) is -1.53. The number of aliphatic hydroxyl groups is 1. The molecule has 0 radical (unpaired) electrons. The van der Waals surface area contributed by atoms with Crippen LogP contribution < -0.4 is 5.32 Å². The number of methoxy groups -OCH3 is 1. The molecule has 0 spiro atoms. The van der Waals surface area contributed by atoms with Gasteiger partial charge in [-0.3, -0.25) is 24.0 Å². The van der Waals surface area contributed by atoms with Crippen LogP contribution in [0.1, 0.15) is 77.3 Å². The molecule has 3 saturated carbocycles. The molecule has 1 aromatic rings. The van der Waals surface area contributed by atoms with Crippen LogP contribution in [-0.4, -0.2) is 75.6 Å². The summed E-state index contributed by atoms with van der Waals surface area (Å²) in [6.45, 7) is 3.23. The average molecular weight is 612 g/mol. The smallest absolute Gasteiger partial charge is 0.328 e. The van der Waals surface area contributed by atoms with Crippen molar-refractivity contribution in [1.29, 1.82) is 0 Å². The first kappa shape index (κ1) is 31.7. The number of aromatic nitrogens is 2. The van der Waals surface area contributed by atoms with Gasteiger partial charge in [0.05, 0.1) is 19.9 Å². The van der Waals surface area contributed by atoms with Gasteiger partial charge in [-0.05, 0) is 55.4 Å². The molecular weight excluding hydrogens is 570 g/mol. The van der Waals surface area contributed by atoms with Crippen LogP contribution in [0, 0.1) is 28.6 Å². The maximum atomic E-state index is 13.8. The van der Waals surface area contributed by atoms with Crippen LogP contribution in [-0.2, 0) is 44.7 Å². The minimum atomic E-state index is -1.82. The van der Waals surface area contributed by atoms with Gasteiger partial charge in [-0.2, -0.15) is 0 Å². The number of hydrogen-bond acceptors (Lipinski definition) is 10. The van der Waals surface area contributed by atoms with Crippen molar-refractivity contribution >= 4 is 35.2 Å². The van der Waals surface area contributed by atoms with E-state index in [0.717, 1.165) is 18.4 Å². The fourth-order valence-electron chi connectivity index (χ4n) is 8.62. The zero-order valence-corrected chi connectivity index (χ0v) is 25.5. The summed E-state index contributed by atoms with van der Waals surface area (Å²) >= 11 is 0. The normalized spacial score (nSPS) is 33.3. The number of allylic oxidation sites excluding steroid dienone is 1. The third-order valence-corrected chi connectivity index (χ3v) is 11.0. The Morgan fingerprint density at radius 2 is 1.91 bits per heavy atom. The van der Waals surface area contributed by atoms with Gasteiger partial charge < -0.3 is 24.9 Å². The lowest BCUT2D eigenvalue weighted by molar-refractivity contribution is -0.173. The summed E-state index contributed by atoms with van der Waals surface area (Å²) in [7, 11) is 1.20. The molecule has 1 aromatic heterocycles. The molecule has 0 saturated heterocycles. The number of Topliss-reactive ketones (excluding diaryl/α,β-unsaturated/α-hetero) is 2. The van der Waals surface area contributed by atoms with Gasteiger partial charge in [0.2, 0.25) is 11.7 Å². The van der Waals surface area contributed by atoms with Crippen molar-refractivity contribution in [3.63, 3.8) is 0 Å². The minimum absolute atomic E-state index is 0.00146. The number of hydrogen-bond donors (Lipinski definition) is 3. The Morgan fingerprint density at radius 3 is 2.61 bits per heavy atom. The number of rotatable bonds is 10. The summed E-state index contributed by atoms with van der Waals surface area (Å²) in [5.74, 6) is -2.85. The number of carbonyl (C=O) groups is 6. The standard InChI is InChI=1S/C32H41N3O9/c1-30-10-8-20(36)12-18(30)4-5-21-22-9-11-32(42,31(22,2)14-24(37)28(21)30)25(38)16-44-27(40)7-6-26(39)35-23(29(41)43-3)13-19-15-33-17-34-19/h12,15,17,21-23,28,42H,4-11,13-14,16H2,1-3H3,(H,33,34)(H,35,39)/t21-,22-,23+,28+,30+,31+,32+/m1/s1. The van der Waals surface area contributed by atoms with Crippen molar-refractivity contribution in [3.8, 4) is 0 Å². The average Bonchev–Trinajstić information content (AvgIpc) is 3.60. The molecule has 238 valence electrons. The van der Waals surface area contributed by atoms with E-state index in [9.17, 15) is 33.9 Å². The molecule has 0 bridgehead atoms. The third kappa shape index (κ3) is 5.52. The Kier molecular flexibility index (Phi) is 8.67. The largest absolute Gasteiger partial charge is 0.467 e. The summed E-state index contributed by atoms with van der Waals surface area (Å²) in [5, 5.41) is 14.3. The zero-order valence-electron chi connectivity index (χ0n) is 25.5. The van der Waals surface area contributed by atoms with Crippen molar-refractivity contribution in [2.45, 2.75) is 89.7 Å². The number of ketones is 3. The van der Waals surface area contributed by atoms with E-state index in [0.29, 0.717) is 25.0 Å². The van der Waals surface area contributed by atoms with Crippen LogP contribution in [0.15, 0.2) is 24.2 Å². The van der Waals surface area contributed by atoms with E-state index >= 15 is 0 Å².